The highest BCUT2D eigenvalue weighted by atomic mass is 79.9. The second-order valence-electron chi connectivity index (χ2n) is 3.41. The van der Waals surface area contributed by atoms with Crippen molar-refractivity contribution in [3.63, 3.8) is 0 Å². The molecule has 0 aliphatic heterocycles. The summed E-state index contributed by atoms with van der Waals surface area (Å²) in [5.74, 6) is 0.933. The largest absolute Gasteiger partial charge is 0.497 e. The summed E-state index contributed by atoms with van der Waals surface area (Å²) in [5.41, 5.74) is 1.30. The summed E-state index contributed by atoms with van der Waals surface area (Å²) in [4.78, 5) is 2.39. The van der Waals surface area contributed by atoms with Crippen LogP contribution in [0.1, 0.15) is 12.5 Å². The zero-order valence-corrected chi connectivity index (χ0v) is 11.0. The maximum Gasteiger partial charge on any atom is 0.119 e. The van der Waals surface area contributed by atoms with Crippen molar-refractivity contribution in [1.82, 2.24) is 4.90 Å². The number of rotatable bonds is 6. The number of nitrogens with zero attached hydrogens (tertiary/aromatic N) is 1. The van der Waals surface area contributed by atoms with Gasteiger partial charge in [0.2, 0.25) is 0 Å². The topological polar surface area (TPSA) is 12.5 Å². The van der Waals surface area contributed by atoms with Crippen LogP contribution < -0.4 is 4.74 Å². The Morgan fingerprint density at radius 2 is 2.20 bits per heavy atom. The monoisotopic (exact) mass is 271 g/mol. The number of benzene rings is 1. The molecule has 1 aromatic carbocycles. The number of ether oxygens (including phenoxy) is 1. The number of halogens is 1. The SMILES string of the molecule is CCN(CCBr)Cc1cccc(OC)c1. The van der Waals surface area contributed by atoms with Gasteiger partial charge in [-0.1, -0.05) is 35.0 Å². The van der Waals surface area contributed by atoms with Gasteiger partial charge < -0.3 is 4.74 Å². The van der Waals surface area contributed by atoms with Crippen molar-refractivity contribution < 1.29 is 4.74 Å². The maximum atomic E-state index is 5.20. The smallest absolute Gasteiger partial charge is 0.119 e. The first-order valence-corrected chi connectivity index (χ1v) is 6.33. The van der Waals surface area contributed by atoms with Crippen LogP contribution in [0.5, 0.6) is 5.75 Å². The maximum absolute atomic E-state index is 5.20. The van der Waals surface area contributed by atoms with Crippen LogP contribution in [0.25, 0.3) is 0 Å². The number of alkyl halides is 1. The highest BCUT2D eigenvalue weighted by molar-refractivity contribution is 9.09. The van der Waals surface area contributed by atoms with Crippen molar-refractivity contribution in [2.45, 2.75) is 13.5 Å². The van der Waals surface area contributed by atoms with E-state index in [2.05, 4.69) is 39.9 Å². The van der Waals surface area contributed by atoms with Gasteiger partial charge in [-0.15, -0.1) is 0 Å². The van der Waals surface area contributed by atoms with Crippen molar-refractivity contribution >= 4 is 15.9 Å². The first-order chi connectivity index (χ1) is 7.30. The third-order valence-corrected chi connectivity index (χ3v) is 2.74. The van der Waals surface area contributed by atoms with Gasteiger partial charge in [-0.25, -0.2) is 0 Å². The first kappa shape index (κ1) is 12.5. The second-order valence-corrected chi connectivity index (χ2v) is 4.20. The molecular weight excluding hydrogens is 254 g/mol. The van der Waals surface area contributed by atoms with E-state index in [9.17, 15) is 0 Å². The van der Waals surface area contributed by atoms with E-state index < -0.39 is 0 Å². The molecule has 15 heavy (non-hydrogen) atoms. The Hall–Kier alpha value is -0.540. The van der Waals surface area contributed by atoms with E-state index in [1.165, 1.54) is 5.56 Å². The molecule has 1 aromatic rings. The van der Waals surface area contributed by atoms with Gasteiger partial charge in [0.25, 0.3) is 0 Å². The molecule has 0 fully saturated rings. The highest BCUT2D eigenvalue weighted by Gasteiger charge is 2.03. The van der Waals surface area contributed by atoms with Crippen molar-refractivity contribution in [3.8, 4) is 5.75 Å². The molecule has 0 radical (unpaired) electrons. The summed E-state index contributed by atoms with van der Waals surface area (Å²) in [5, 5.41) is 1.02. The molecule has 0 amide bonds. The average molecular weight is 272 g/mol. The molecule has 0 heterocycles. The van der Waals surface area contributed by atoms with E-state index in [1.54, 1.807) is 7.11 Å². The van der Waals surface area contributed by atoms with Gasteiger partial charge in [-0.3, -0.25) is 4.90 Å². The molecular formula is C12H18BrNO. The molecule has 0 saturated heterocycles. The second kappa shape index (κ2) is 6.85. The summed E-state index contributed by atoms with van der Waals surface area (Å²) in [6.45, 7) is 5.32. The third-order valence-electron chi connectivity index (χ3n) is 2.39. The normalized spacial score (nSPS) is 10.7. The van der Waals surface area contributed by atoms with Gasteiger partial charge in [0, 0.05) is 18.4 Å². The fraction of sp³-hybridized carbons (Fsp3) is 0.500. The minimum atomic E-state index is 0.933. The lowest BCUT2D eigenvalue weighted by molar-refractivity contribution is 0.298. The molecule has 0 bridgehead atoms. The fourth-order valence-corrected chi connectivity index (χ4v) is 2.00. The Labute approximate surface area is 100 Å². The lowest BCUT2D eigenvalue weighted by Crippen LogP contribution is -2.24. The Morgan fingerprint density at radius 3 is 2.80 bits per heavy atom. The molecule has 3 heteroatoms. The predicted octanol–water partition coefficient (Wildman–Crippen LogP) is 2.91. The van der Waals surface area contributed by atoms with E-state index in [-0.39, 0.29) is 0 Å². The zero-order valence-electron chi connectivity index (χ0n) is 9.37. The van der Waals surface area contributed by atoms with Crippen LogP contribution in [0.15, 0.2) is 24.3 Å². The number of hydrogen-bond donors (Lipinski definition) is 0. The molecule has 84 valence electrons. The van der Waals surface area contributed by atoms with Crippen LogP contribution >= 0.6 is 15.9 Å². The van der Waals surface area contributed by atoms with Gasteiger partial charge >= 0.3 is 0 Å². The van der Waals surface area contributed by atoms with Crippen LogP contribution in [0.3, 0.4) is 0 Å². The number of methoxy groups -OCH3 is 1. The van der Waals surface area contributed by atoms with Crippen LogP contribution in [0.4, 0.5) is 0 Å². The van der Waals surface area contributed by atoms with Crippen LogP contribution in [0.2, 0.25) is 0 Å². The standard InChI is InChI=1S/C12H18BrNO/c1-3-14(8-7-13)10-11-5-4-6-12(9-11)15-2/h4-6,9H,3,7-8,10H2,1-2H3. The predicted molar refractivity (Wildman–Crippen MR) is 67.7 cm³/mol. The van der Waals surface area contributed by atoms with Gasteiger partial charge in [0.15, 0.2) is 0 Å². The van der Waals surface area contributed by atoms with E-state index in [1.807, 2.05) is 12.1 Å². The lowest BCUT2D eigenvalue weighted by atomic mass is 10.2. The molecule has 0 atom stereocenters. The van der Waals surface area contributed by atoms with Crippen molar-refractivity contribution in [2.75, 3.05) is 25.5 Å². The van der Waals surface area contributed by atoms with Crippen LogP contribution in [-0.2, 0) is 6.54 Å². The van der Waals surface area contributed by atoms with Gasteiger partial charge in [0.1, 0.15) is 5.75 Å². The molecule has 0 unspecified atom stereocenters. The summed E-state index contributed by atoms with van der Waals surface area (Å²) < 4.78 is 5.20. The van der Waals surface area contributed by atoms with E-state index in [0.29, 0.717) is 0 Å². The molecule has 1 rings (SSSR count). The molecule has 0 aliphatic rings. The summed E-state index contributed by atoms with van der Waals surface area (Å²) >= 11 is 3.47. The number of hydrogen-bond acceptors (Lipinski definition) is 2. The summed E-state index contributed by atoms with van der Waals surface area (Å²) in [6, 6.07) is 8.25. The van der Waals surface area contributed by atoms with Gasteiger partial charge in [-0.2, -0.15) is 0 Å². The minimum absolute atomic E-state index is 0.933. The Morgan fingerprint density at radius 1 is 1.40 bits per heavy atom. The molecule has 0 aliphatic carbocycles. The molecule has 2 nitrogen and oxygen atoms in total. The highest BCUT2D eigenvalue weighted by Crippen LogP contribution is 2.14. The lowest BCUT2D eigenvalue weighted by Gasteiger charge is -2.19. The minimum Gasteiger partial charge on any atom is -0.497 e. The van der Waals surface area contributed by atoms with E-state index in [0.717, 1.165) is 30.7 Å². The Kier molecular flexibility index (Phi) is 5.73. The van der Waals surface area contributed by atoms with Crippen LogP contribution in [-0.4, -0.2) is 30.4 Å². The van der Waals surface area contributed by atoms with E-state index >= 15 is 0 Å². The molecule has 0 saturated carbocycles. The average Bonchev–Trinajstić information content (AvgIpc) is 2.29. The van der Waals surface area contributed by atoms with Gasteiger partial charge in [-0.05, 0) is 24.2 Å². The Bertz CT molecular complexity index is 291. The third kappa shape index (κ3) is 4.22. The van der Waals surface area contributed by atoms with Gasteiger partial charge in [0.05, 0.1) is 7.11 Å². The van der Waals surface area contributed by atoms with Crippen LogP contribution in [0, 0.1) is 0 Å². The summed E-state index contributed by atoms with van der Waals surface area (Å²) in [6.07, 6.45) is 0. The molecule has 0 aromatic heterocycles. The Balaban J connectivity index is 2.61. The zero-order chi connectivity index (χ0) is 11.1. The van der Waals surface area contributed by atoms with E-state index in [4.69, 9.17) is 4.74 Å². The molecule has 0 N–H and O–H groups in total. The summed E-state index contributed by atoms with van der Waals surface area (Å²) in [7, 11) is 1.70. The van der Waals surface area contributed by atoms with Crippen molar-refractivity contribution in [1.29, 1.82) is 0 Å². The van der Waals surface area contributed by atoms with Crippen molar-refractivity contribution in [2.24, 2.45) is 0 Å². The first-order valence-electron chi connectivity index (χ1n) is 5.21. The quantitative estimate of drug-likeness (QED) is 0.738. The van der Waals surface area contributed by atoms with Crippen molar-refractivity contribution in [3.05, 3.63) is 29.8 Å². The fourth-order valence-electron chi connectivity index (χ4n) is 1.50. The molecule has 0 spiro atoms.